The Morgan fingerprint density at radius 2 is 2.06 bits per heavy atom. The second kappa shape index (κ2) is 6.51. The summed E-state index contributed by atoms with van der Waals surface area (Å²) in [5.74, 6) is -0.507. The van der Waals surface area contributed by atoms with E-state index in [1.165, 1.54) is 12.1 Å². The van der Waals surface area contributed by atoms with E-state index in [4.69, 9.17) is 5.73 Å². The van der Waals surface area contributed by atoms with Crippen molar-refractivity contribution in [3.63, 3.8) is 0 Å². The van der Waals surface area contributed by atoms with Crippen LogP contribution in [-0.2, 0) is 10.0 Å². The van der Waals surface area contributed by atoms with Gasteiger partial charge in [-0.15, -0.1) is 12.4 Å². The van der Waals surface area contributed by atoms with Crippen molar-refractivity contribution < 1.29 is 12.8 Å². The molecule has 1 aromatic carbocycles. The van der Waals surface area contributed by atoms with Gasteiger partial charge in [0.1, 0.15) is 5.82 Å². The summed E-state index contributed by atoms with van der Waals surface area (Å²) in [6.45, 7) is 0.360. The molecule has 0 bridgehead atoms. The van der Waals surface area contributed by atoms with Crippen LogP contribution in [0.2, 0.25) is 0 Å². The highest BCUT2D eigenvalue weighted by atomic mass is 79.9. The highest BCUT2D eigenvalue weighted by Gasteiger charge is 2.14. The first-order valence-electron chi connectivity index (χ1n) is 4.12. The van der Waals surface area contributed by atoms with Gasteiger partial charge in [0.05, 0.1) is 9.37 Å². The molecule has 0 aliphatic carbocycles. The smallest absolute Gasteiger partial charge is 0.240 e. The number of rotatable bonds is 4. The molecular formula is C8H11BrClFN2O2S. The fraction of sp³-hybridized carbons (Fsp3) is 0.250. The minimum absolute atomic E-state index is 0. The molecule has 0 radical (unpaired) electrons. The van der Waals surface area contributed by atoms with Gasteiger partial charge in [0.2, 0.25) is 10.0 Å². The van der Waals surface area contributed by atoms with Crippen LogP contribution in [0.15, 0.2) is 27.6 Å². The van der Waals surface area contributed by atoms with Crippen LogP contribution >= 0.6 is 28.3 Å². The van der Waals surface area contributed by atoms with Gasteiger partial charge in [-0.3, -0.25) is 0 Å². The second-order valence-corrected chi connectivity index (χ2v) is 5.38. The maximum absolute atomic E-state index is 12.9. The van der Waals surface area contributed by atoms with Crippen LogP contribution in [0.5, 0.6) is 0 Å². The molecule has 0 saturated heterocycles. The van der Waals surface area contributed by atoms with E-state index in [9.17, 15) is 12.8 Å². The van der Waals surface area contributed by atoms with Gasteiger partial charge < -0.3 is 5.73 Å². The van der Waals surface area contributed by atoms with Crippen molar-refractivity contribution in [3.05, 3.63) is 28.5 Å². The minimum atomic E-state index is -3.59. The van der Waals surface area contributed by atoms with E-state index in [-0.39, 0.29) is 34.9 Å². The van der Waals surface area contributed by atoms with E-state index in [0.717, 1.165) is 6.07 Å². The van der Waals surface area contributed by atoms with Crippen molar-refractivity contribution in [1.82, 2.24) is 4.72 Å². The molecule has 8 heteroatoms. The Balaban J connectivity index is 0.00000225. The van der Waals surface area contributed by atoms with Gasteiger partial charge in [-0.1, -0.05) is 0 Å². The number of nitrogens with one attached hydrogen (secondary N) is 1. The quantitative estimate of drug-likeness (QED) is 0.871. The van der Waals surface area contributed by atoms with E-state index in [0.29, 0.717) is 0 Å². The zero-order valence-corrected chi connectivity index (χ0v) is 11.3. The summed E-state index contributed by atoms with van der Waals surface area (Å²) in [7, 11) is -3.59. The van der Waals surface area contributed by atoms with E-state index in [1.807, 2.05) is 0 Å². The summed E-state index contributed by atoms with van der Waals surface area (Å²) < 4.78 is 38.3. The van der Waals surface area contributed by atoms with Crippen molar-refractivity contribution in [1.29, 1.82) is 0 Å². The van der Waals surface area contributed by atoms with Crippen LogP contribution in [-0.4, -0.2) is 21.5 Å². The molecule has 0 saturated carbocycles. The Bertz CT molecular complexity index is 455. The summed E-state index contributed by atoms with van der Waals surface area (Å²) in [6.07, 6.45) is 0. The fourth-order valence-corrected chi connectivity index (χ4v) is 2.52. The van der Waals surface area contributed by atoms with E-state index < -0.39 is 15.8 Å². The summed E-state index contributed by atoms with van der Waals surface area (Å²) in [5, 5.41) is 0. The van der Waals surface area contributed by atoms with Crippen molar-refractivity contribution in [2.45, 2.75) is 4.90 Å². The number of benzene rings is 1. The Labute approximate surface area is 108 Å². The first kappa shape index (κ1) is 15.8. The number of nitrogens with two attached hydrogens (primary N) is 1. The fourth-order valence-electron chi connectivity index (χ4n) is 0.921. The number of hydrogen-bond acceptors (Lipinski definition) is 3. The molecule has 0 atom stereocenters. The third-order valence-electron chi connectivity index (χ3n) is 1.64. The molecular weight excluding hydrogens is 323 g/mol. The van der Waals surface area contributed by atoms with Crippen LogP contribution in [0.1, 0.15) is 0 Å². The minimum Gasteiger partial charge on any atom is -0.329 e. The van der Waals surface area contributed by atoms with Crippen LogP contribution < -0.4 is 10.5 Å². The van der Waals surface area contributed by atoms with Gasteiger partial charge in [-0.25, -0.2) is 17.5 Å². The molecule has 3 N–H and O–H groups in total. The Kier molecular flexibility index (Phi) is 6.42. The predicted molar refractivity (Wildman–Crippen MR) is 65.6 cm³/mol. The molecule has 0 amide bonds. The first-order chi connectivity index (χ1) is 6.97. The standard InChI is InChI=1S/C8H10BrFN2O2S.ClH/c9-7-5-6(1-2-8(7)10)15(13,14)12-4-3-11;/h1-2,5,12H,3-4,11H2;1H. The maximum Gasteiger partial charge on any atom is 0.240 e. The molecule has 1 rings (SSSR count). The molecule has 16 heavy (non-hydrogen) atoms. The van der Waals surface area contributed by atoms with E-state index >= 15 is 0 Å². The zero-order chi connectivity index (χ0) is 11.5. The monoisotopic (exact) mass is 332 g/mol. The summed E-state index contributed by atoms with van der Waals surface area (Å²) in [4.78, 5) is 0.00391. The van der Waals surface area contributed by atoms with Gasteiger partial charge in [-0.05, 0) is 34.1 Å². The first-order valence-corrected chi connectivity index (χ1v) is 6.40. The lowest BCUT2D eigenvalue weighted by Gasteiger charge is -2.05. The van der Waals surface area contributed by atoms with Gasteiger partial charge in [-0.2, -0.15) is 0 Å². The molecule has 0 spiro atoms. The molecule has 0 fully saturated rings. The van der Waals surface area contributed by atoms with Gasteiger partial charge in [0.25, 0.3) is 0 Å². The predicted octanol–water partition coefficient (Wildman–Crippen LogP) is 1.25. The maximum atomic E-state index is 12.9. The molecule has 1 aromatic rings. The molecule has 0 aliphatic heterocycles. The molecule has 0 aliphatic rings. The van der Waals surface area contributed by atoms with Crippen molar-refractivity contribution in [2.24, 2.45) is 5.73 Å². The van der Waals surface area contributed by atoms with Crippen molar-refractivity contribution in [2.75, 3.05) is 13.1 Å². The number of hydrogen-bond donors (Lipinski definition) is 2. The Morgan fingerprint density at radius 1 is 1.44 bits per heavy atom. The van der Waals surface area contributed by atoms with Gasteiger partial charge in [0, 0.05) is 13.1 Å². The average Bonchev–Trinajstić information content (AvgIpc) is 2.19. The Morgan fingerprint density at radius 3 is 2.56 bits per heavy atom. The highest BCUT2D eigenvalue weighted by Crippen LogP contribution is 2.19. The SMILES string of the molecule is Cl.NCCNS(=O)(=O)c1ccc(F)c(Br)c1. The van der Waals surface area contributed by atoms with E-state index in [2.05, 4.69) is 20.7 Å². The van der Waals surface area contributed by atoms with Crippen molar-refractivity contribution in [3.8, 4) is 0 Å². The van der Waals surface area contributed by atoms with E-state index in [1.54, 1.807) is 0 Å². The van der Waals surface area contributed by atoms with Crippen LogP contribution in [0.25, 0.3) is 0 Å². The second-order valence-electron chi connectivity index (χ2n) is 2.76. The normalized spacial score (nSPS) is 10.9. The third kappa shape index (κ3) is 3.99. The average molecular weight is 334 g/mol. The van der Waals surface area contributed by atoms with Crippen LogP contribution in [0.3, 0.4) is 0 Å². The summed E-state index contributed by atoms with van der Waals surface area (Å²) >= 11 is 2.91. The summed E-state index contributed by atoms with van der Waals surface area (Å²) in [5.41, 5.74) is 5.17. The molecule has 92 valence electrons. The molecule has 0 unspecified atom stereocenters. The Hall–Kier alpha value is -0.210. The third-order valence-corrected chi connectivity index (χ3v) is 3.70. The summed E-state index contributed by atoms with van der Waals surface area (Å²) in [6, 6.07) is 3.48. The van der Waals surface area contributed by atoms with Gasteiger partial charge >= 0.3 is 0 Å². The lowest BCUT2D eigenvalue weighted by atomic mass is 10.3. The zero-order valence-electron chi connectivity index (χ0n) is 8.11. The molecule has 4 nitrogen and oxygen atoms in total. The molecule has 0 heterocycles. The lowest BCUT2D eigenvalue weighted by Crippen LogP contribution is -2.29. The van der Waals surface area contributed by atoms with Crippen LogP contribution in [0, 0.1) is 5.82 Å². The largest absolute Gasteiger partial charge is 0.329 e. The lowest BCUT2D eigenvalue weighted by molar-refractivity contribution is 0.581. The van der Waals surface area contributed by atoms with Crippen molar-refractivity contribution >= 4 is 38.4 Å². The van der Waals surface area contributed by atoms with Crippen LogP contribution in [0.4, 0.5) is 4.39 Å². The number of halogens is 3. The number of sulfonamides is 1. The molecule has 0 aromatic heterocycles. The van der Waals surface area contributed by atoms with Gasteiger partial charge in [0.15, 0.2) is 0 Å². The highest BCUT2D eigenvalue weighted by molar-refractivity contribution is 9.10. The topological polar surface area (TPSA) is 72.2 Å².